The normalized spacial score (nSPS) is 29.0. The zero-order valence-corrected chi connectivity index (χ0v) is 15.2. The first-order chi connectivity index (χ1) is 12.7. The van der Waals surface area contributed by atoms with Crippen LogP contribution in [0.3, 0.4) is 0 Å². The van der Waals surface area contributed by atoms with Crippen LogP contribution in [0, 0.1) is 11.3 Å². The zero-order valence-electron chi connectivity index (χ0n) is 14.4. The van der Waals surface area contributed by atoms with Gasteiger partial charge in [0, 0.05) is 31.7 Å². The van der Waals surface area contributed by atoms with Crippen LogP contribution in [0.5, 0.6) is 0 Å². The fourth-order valence-electron chi connectivity index (χ4n) is 4.43. The molecule has 2 N–H and O–H groups in total. The maximum atomic E-state index is 12.2. The van der Waals surface area contributed by atoms with Crippen LogP contribution in [-0.4, -0.2) is 45.4 Å². The van der Waals surface area contributed by atoms with Gasteiger partial charge in [0.25, 0.3) is 0 Å². The summed E-state index contributed by atoms with van der Waals surface area (Å²) >= 11 is 1.40. The first-order valence-corrected chi connectivity index (χ1v) is 9.92. The van der Waals surface area contributed by atoms with Crippen molar-refractivity contribution in [2.45, 2.75) is 38.1 Å². The van der Waals surface area contributed by atoms with E-state index >= 15 is 0 Å². The Bertz CT molecular complexity index is 793. The molecule has 0 aromatic carbocycles. The van der Waals surface area contributed by atoms with Crippen molar-refractivity contribution in [2.24, 2.45) is 11.3 Å². The summed E-state index contributed by atoms with van der Waals surface area (Å²) in [6, 6.07) is 4.16. The van der Waals surface area contributed by atoms with Gasteiger partial charge in [-0.05, 0) is 49.1 Å². The number of hydrogen-bond acceptors (Lipinski definition) is 8. The molecule has 1 aliphatic heterocycles. The Kier molecular flexibility index (Phi) is 3.77. The Balaban J connectivity index is 1.13. The first kappa shape index (κ1) is 15.9. The summed E-state index contributed by atoms with van der Waals surface area (Å²) in [6.07, 6.45) is 7.00. The predicted molar refractivity (Wildman–Crippen MR) is 99.2 cm³/mol. The number of carbonyl (C=O) groups is 1. The summed E-state index contributed by atoms with van der Waals surface area (Å²) in [6.45, 7) is 1.78. The SMILES string of the molecule is O=C(CC12CC(C1)C2)Nc1nnc(NC2CCN(c3cccnn3)C2)s1. The minimum absolute atomic E-state index is 0.0699. The summed E-state index contributed by atoms with van der Waals surface area (Å²) in [5.41, 5.74) is 0.314. The van der Waals surface area contributed by atoms with Crippen molar-refractivity contribution in [2.75, 3.05) is 28.6 Å². The van der Waals surface area contributed by atoms with E-state index in [4.69, 9.17) is 0 Å². The molecule has 1 amide bonds. The van der Waals surface area contributed by atoms with Crippen molar-refractivity contribution >= 4 is 33.3 Å². The van der Waals surface area contributed by atoms with E-state index in [1.165, 1.54) is 30.6 Å². The molecule has 3 saturated carbocycles. The summed E-state index contributed by atoms with van der Waals surface area (Å²) < 4.78 is 0. The van der Waals surface area contributed by atoms with Crippen LogP contribution < -0.4 is 15.5 Å². The highest BCUT2D eigenvalue weighted by molar-refractivity contribution is 7.19. The lowest BCUT2D eigenvalue weighted by molar-refractivity contribution is -0.139. The summed E-state index contributed by atoms with van der Waals surface area (Å²) in [5.74, 6) is 1.86. The van der Waals surface area contributed by atoms with Crippen LogP contribution in [0.4, 0.5) is 16.1 Å². The van der Waals surface area contributed by atoms with E-state index in [-0.39, 0.29) is 11.9 Å². The van der Waals surface area contributed by atoms with Crippen LogP contribution in [-0.2, 0) is 4.79 Å². The van der Waals surface area contributed by atoms with E-state index in [2.05, 4.69) is 35.9 Å². The van der Waals surface area contributed by atoms with E-state index in [1.807, 2.05) is 12.1 Å². The van der Waals surface area contributed by atoms with E-state index in [9.17, 15) is 4.79 Å². The highest BCUT2D eigenvalue weighted by Crippen LogP contribution is 2.66. The lowest BCUT2D eigenvalue weighted by Gasteiger charge is -2.61. The Hall–Kier alpha value is -2.29. The highest BCUT2D eigenvalue weighted by Gasteiger charge is 2.56. The minimum atomic E-state index is 0.0699. The van der Waals surface area contributed by atoms with Crippen molar-refractivity contribution in [1.82, 2.24) is 20.4 Å². The molecule has 1 saturated heterocycles. The maximum absolute atomic E-state index is 12.2. The van der Waals surface area contributed by atoms with Gasteiger partial charge in [-0.25, -0.2) is 0 Å². The fourth-order valence-corrected chi connectivity index (χ4v) is 5.17. The van der Waals surface area contributed by atoms with Gasteiger partial charge in [-0.2, -0.15) is 5.10 Å². The van der Waals surface area contributed by atoms with E-state index in [0.29, 0.717) is 17.0 Å². The van der Waals surface area contributed by atoms with Gasteiger partial charge in [0.2, 0.25) is 16.2 Å². The Morgan fingerprint density at radius 2 is 2.12 bits per heavy atom. The molecule has 9 heteroatoms. The van der Waals surface area contributed by atoms with Crippen molar-refractivity contribution in [3.8, 4) is 0 Å². The Morgan fingerprint density at radius 1 is 1.27 bits per heavy atom. The number of anilines is 3. The van der Waals surface area contributed by atoms with Crippen LogP contribution in [0.1, 0.15) is 32.1 Å². The standard InChI is InChI=1S/C17H21N7OS/c25-14(9-17-6-11(7-17)8-17)20-16-23-22-15(26-16)19-12-3-5-24(10-12)13-2-1-4-18-21-13/h1-2,4,11-12H,3,5-10H2,(H,19,22)(H,20,23,25). The smallest absolute Gasteiger partial charge is 0.226 e. The van der Waals surface area contributed by atoms with Crippen LogP contribution >= 0.6 is 11.3 Å². The second-order valence-corrected chi connectivity index (χ2v) is 8.75. The van der Waals surface area contributed by atoms with E-state index in [0.717, 1.165) is 36.4 Å². The molecule has 1 atom stereocenters. The van der Waals surface area contributed by atoms with Crippen molar-refractivity contribution in [1.29, 1.82) is 0 Å². The van der Waals surface area contributed by atoms with Crippen LogP contribution in [0.25, 0.3) is 0 Å². The number of nitrogens with one attached hydrogen (secondary N) is 2. The lowest BCUT2D eigenvalue weighted by atomic mass is 9.43. The molecule has 136 valence electrons. The molecule has 3 heterocycles. The molecule has 1 unspecified atom stereocenters. The molecule has 3 aliphatic carbocycles. The third kappa shape index (κ3) is 3.00. The van der Waals surface area contributed by atoms with Crippen molar-refractivity contribution < 1.29 is 4.79 Å². The molecular formula is C17H21N7OS. The van der Waals surface area contributed by atoms with Gasteiger partial charge in [0.05, 0.1) is 0 Å². The number of amides is 1. The molecule has 2 aromatic rings. The molecule has 2 bridgehead atoms. The molecule has 4 aliphatic rings. The highest BCUT2D eigenvalue weighted by atomic mass is 32.1. The Morgan fingerprint density at radius 3 is 2.85 bits per heavy atom. The predicted octanol–water partition coefficient (Wildman–Crippen LogP) is 2.15. The largest absolute Gasteiger partial charge is 0.355 e. The monoisotopic (exact) mass is 371 g/mol. The molecule has 0 radical (unpaired) electrons. The molecule has 6 rings (SSSR count). The average molecular weight is 371 g/mol. The van der Waals surface area contributed by atoms with Gasteiger partial charge in [-0.3, -0.25) is 4.79 Å². The summed E-state index contributed by atoms with van der Waals surface area (Å²) in [7, 11) is 0. The van der Waals surface area contributed by atoms with Crippen LogP contribution in [0.2, 0.25) is 0 Å². The number of carbonyl (C=O) groups excluding carboxylic acids is 1. The average Bonchev–Trinajstić information content (AvgIpc) is 3.21. The first-order valence-electron chi connectivity index (χ1n) is 9.10. The second-order valence-electron chi connectivity index (χ2n) is 7.77. The lowest BCUT2D eigenvalue weighted by Crippen LogP contribution is -2.53. The summed E-state index contributed by atoms with van der Waals surface area (Å²) in [5, 5.41) is 24.0. The molecule has 2 aromatic heterocycles. The van der Waals surface area contributed by atoms with Crippen molar-refractivity contribution in [3.05, 3.63) is 18.3 Å². The molecule has 4 fully saturated rings. The summed E-state index contributed by atoms with van der Waals surface area (Å²) in [4.78, 5) is 14.4. The molecule has 0 spiro atoms. The third-order valence-corrected chi connectivity index (χ3v) is 6.54. The van der Waals surface area contributed by atoms with Gasteiger partial charge in [-0.15, -0.1) is 15.3 Å². The molecule has 26 heavy (non-hydrogen) atoms. The topological polar surface area (TPSA) is 95.9 Å². The fraction of sp³-hybridized carbons (Fsp3) is 0.588. The Labute approximate surface area is 155 Å². The molecule has 8 nitrogen and oxygen atoms in total. The number of aromatic nitrogens is 4. The van der Waals surface area contributed by atoms with Gasteiger partial charge >= 0.3 is 0 Å². The van der Waals surface area contributed by atoms with Gasteiger partial charge in [0.1, 0.15) is 0 Å². The third-order valence-electron chi connectivity index (χ3n) is 5.77. The van der Waals surface area contributed by atoms with Crippen molar-refractivity contribution in [3.63, 3.8) is 0 Å². The zero-order chi connectivity index (χ0) is 17.6. The van der Waals surface area contributed by atoms with E-state index < -0.39 is 0 Å². The van der Waals surface area contributed by atoms with Gasteiger partial charge in [0.15, 0.2) is 5.82 Å². The number of nitrogens with zero attached hydrogens (tertiary/aromatic N) is 5. The number of hydrogen-bond donors (Lipinski definition) is 2. The quantitative estimate of drug-likeness (QED) is 0.803. The molecular weight excluding hydrogens is 350 g/mol. The second kappa shape index (κ2) is 6.15. The van der Waals surface area contributed by atoms with Crippen LogP contribution in [0.15, 0.2) is 18.3 Å². The van der Waals surface area contributed by atoms with Gasteiger partial charge < -0.3 is 15.5 Å². The number of rotatable bonds is 6. The van der Waals surface area contributed by atoms with E-state index in [1.54, 1.807) is 6.20 Å². The maximum Gasteiger partial charge on any atom is 0.226 e. The minimum Gasteiger partial charge on any atom is -0.355 e. The van der Waals surface area contributed by atoms with Gasteiger partial charge in [-0.1, -0.05) is 11.3 Å².